The molecule has 12 rings (SSSR count). The largest absolute Gasteiger partial charge is 0.512 e. The molecule has 12 aromatic rings. The second-order valence-electron chi connectivity index (χ2n) is 19.5. The van der Waals surface area contributed by atoms with Crippen LogP contribution in [0.2, 0.25) is 0 Å². The average molecular weight is 1260 g/mol. The molecule has 0 amide bonds. The number of carbonyl (C=O) groups is 1. The van der Waals surface area contributed by atoms with Crippen molar-refractivity contribution in [1.29, 1.82) is 0 Å². The Kier molecular flexibility index (Phi) is 18.3. The molecule has 11 heteroatoms. The fourth-order valence-corrected chi connectivity index (χ4v) is 10.1. The Morgan fingerprint density at radius 1 is 0.427 bits per heavy atom. The van der Waals surface area contributed by atoms with Gasteiger partial charge in [-0.1, -0.05) is 129 Å². The van der Waals surface area contributed by atoms with E-state index in [0.29, 0.717) is 26.4 Å². The smallest absolute Gasteiger partial charge is 0.155 e. The van der Waals surface area contributed by atoms with E-state index in [1.165, 1.54) is 19.9 Å². The summed E-state index contributed by atoms with van der Waals surface area (Å²) in [5.74, 6) is 3.44. The number of hydrogen-bond donors (Lipinski definition) is 1. The molecule has 0 unspecified atom stereocenters. The number of rotatable bonds is 13. The van der Waals surface area contributed by atoms with Crippen LogP contribution < -0.4 is 18.9 Å². The molecule has 0 saturated heterocycles. The SMILES string of the molecule is CC(=O)/C=C(/C)O.CCOc1ccc(-c2c[c-]c3c(c2)c2cc(-c4ccc(OCC)cc4)ccc2c2nc(C)cnc32)cc1.CCOc1ccc(-c2c[c-]c3c(c2)c2cc(-c4ccc(OCC)cc4)ccc2c2nc(C)cnc32)cc1.[Ir]. The van der Waals surface area contributed by atoms with Crippen molar-refractivity contribution in [3.8, 4) is 67.5 Å². The van der Waals surface area contributed by atoms with Gasteiger partial charge in [0.25, 0.3) is 0 Å². The van der Waals surface area contributed by atoms with Crippen LogP contribution in [0.15, 0.2) is 182 Å². The summed E-state index contributed by atoms with van der Waals surface area (Å²) in [5.41, 5.74) is 14.4. The summed E-state index contributed by atoms with van der Waals surface area (Å²) in [4.78, 5) is 29.3. The van der Waals surface area contributed by atoms with Crippen molar-refractivity contribution in [3.63, 3.8) is 0 Å². The Labute approximate surface area is 491 Å². The van der Waals surface area contributed by atoms with Gasteiger partial charge < -0.3 is 34.0 Å². The first-order valence-electron chi connectivity index (χ1n) is 27.3. The maximum absolute atomic E-state index is 10.0. The quantitative estimate of drug-likeness (QED) is 0.0516. The zero-order chi connectivity index (χ0) is 56.6. The number of carbonyl (C=O) groups excluding carboxylic acids is 1. The zero-order valence-electron chi connectivity index (χ0n) is 47.2. The minimum atomic E-state index is -0.125. The van der Waals surface area contributed by atoms with Crippen molar-refractivity contribution in [2.75, 3.05) is 26.4 Å². The molecule has 1 radical (unpaired) electrons. The van der Waals surface area contributed by atoms with E-state index in [1.54, 1.807) is 0 Å². The Morgan fingerprint density at radius 3 is 1.02 bits per heavy atom. The monoisotopic (exact) mass is 1260 g/mol. The van der Waals surface area contributed by atoms with Gasteiger partial charge in [0, 0.05) is 49.6 Å². The van der Waals surface area contributed by atoms with Crippen LogP contribution in [0, 0.1) is 26.0 Å². The van der Waals surface area contributed by atoms with Crippen LogP contribution in [0.4, 0.5) is 0 Å². The third-order valence-electron chi connectivity index (χ3n) is 13.7. The van der Waals surface area contributed by atoms with Crippen LogP contribution in [0.25, 0.3) is 110 Å². The van der Waals surface area contributed by atoms with Gasteiger partial charge in [0.05, 0.1) is 54.6 Å². The molecule has 1 N–H and O–H groups in total. The van der Waals surface area contributed by atoms with E-state index in [9.17, 15) is 4.79 Å². The van der Waals surface area contributed by atoms with Crippen molar-refractivity contribution in [1.82, 2.24) is 19.9 Å². The molecule has 0 spiro atoms. The van der Waals surface area contributed by atoms with E-state index in [0.717, 1.165) is 144 Å². The van der Waals surface area contributed by atoms with Crippen LogP contribution in [-0.4, -0.2) is 57.3 Å². The first-order chi connectivity index (χ1) is 39.4. The Bertz CT molecular complexity index is 4010. The van der Waals surface area contributed by atoms with Gasteiger partial charge in [-0.3, -0.25) is 14.8 Å². The Morgan fingerprint density at radius 2 is 0.732 bits per heavy atom. The predicted octanol–water partition coefficient (Wildman–Crippen LogP) is 17.4. The maximum atomic E-state index is 10.0. The maximum Gasteiger partial charge on any atom is 0.155 e. The van der Waals surface area contributed by atoms with Crippen LogP contribution in [0.3, 0.4) is 0 Å². The van der Waals surface area contributed by atoms with E-state index in [4.69, 9.17) is 44.0 Å². The normalized spacial score (nSPS) is 11.2. The number of aliphatic hydroxyl groups is 1. The van der Waals surface area contributed by atoms with Crippen molar-refractivity contribution in [2.24, 2.45) is 0 Å². The zero-order valence-corrected chi connectivity index (χ0v) is 49.6. The van der Waals surface area contributed by atoms with E-state index in [1.807, 2.05) is 115 Å². The molecule has 0 aliphatic rings. The summed E-state index contributed by atoms with van der Waals surface area (Å²) in [6.45, 7) is 17.4. The number of aliphatic hydroxyl groups excluding tert-OH is 1. The third-order valence-corrected chi connectivity index (χ3v) is 13.7. The fourth-order valence-electron chi connectivity index (χ4n) is 10.1. The van der Waals surface area contributed by atoms with Crippen LogP contribution >= 0.6 is 0 Å². The van der Waals surface area contributed by atoms with Crippen LogP contribution in [0.5, 0.6) is 23.0 Å². The number of aromatic nitrogens is 4. The summed E-state index contributed by atoms with van der Waals surface area (Å²) in [6, 6.07) is 61.8. The number of ketones is 1. The number of nitrogens with zero attached hydrogens (tertiary/aromatic N) is 4. The molecular formula is C71H62IrN4O6-2. The summed E-state index contributed by atoms with van der Waals surface area (Å²) in [5, 5.41) is 17.0. The molecule has 2 aromatic heterocycles. The average Bonchev–Trinajstić information content (AvgIpc) is 3.38. The van der Waals surface area contributed by atoms with Crippen molar-refractivity contribution >= 4 is 70.9 Å². The molecule has 0 aliphatic heterocycles. The second kappa shape index (κ2) is 26.1. The molecule has 10 aromatic carbocycles. The van der Waals surface area contributed by atoms with Gasteiger partial charge in [-0.25, -0.2) is 0 Å². The van der Waals surface area contributed by atoms with Crippen molar-refractivity contribution in [2.45, 2.75) is 55.4 Å². The molecule has 82 heavy (non-hydrogen) atoms. The number of aryl methyl sites for hydroxylation is 2. The van der Waals surface area contributed by atoms with Gasteiger partial charge in [0.2, 0.25) is 0 Å². The van der Waals surface area contributed by atoms with Crippen molar-refractivity contribution in [3.05, 3.63) is 205 Å². The minimum absolute atomic E-state index is 0. The first kappa shape index (κ1) is 57.7. The number of fused-ring (bicyclic) bond motifs is 12. The summed E-state index contributed by atoms with van der Waals surface area (Å²) >= 11 is 0. The molecule has 10 nitrogen and oxygen atoms in total. The van der Waals surface area contributed by atoms with E-state index < -0.39 is 0 Å². The van der Waals surface area contributed by atoms with Crippen LogP contribution in [-0.2, 0) is 24.9 Å². The number of hydrogen-bond acceptors (Lipinski definition) is 10. The summed E-state index contributed by atoms with van der Waals surface area (Å²) in [6.07, 6.45) is 4.83. The van der Waals surface area contributed by atoms with Crippen molar-refractivity contribution < 1.29 is 49.0 Å². The molecule has 0 fully saturated rings. The predicted molar refractivity (Wildman–Crippen MR) is 330 cm³/mol. The number of ether oxygens (including phenoxy) is 4. The van der Waals surface area contributed by atoms with Gasteiger partial charge in [-0.15, -0.1) is 47.2 Å². The molecule has 0 aliphatic carbocycles. The molecule has 413 valence electrons. The molecule has 0 atom stereocenters. The molecule has 0 saturated carbocycles. The summed E-state index contributed by atoms with van der Waals surface area (Å²) in [7, 11) is 0. The Hall–Kier alpha value is -9.02. The second-order valence-corrected chi connectivity index (χ2v) is 19.5. The number of benzene rings is 10. The van der Waals surface area contributed by atoms with Gasteiger partial charge >= 0.3 is 0 Å². The topological polar surface area (TPSA) is 126 Å². The van der Waals surface area contributed by atoms with E-state index in [2.05, 4.69) is 109 Å². The first-order valence-corrected chi connectivity index (χ1v) is 27.3. The fraction of sp³-hybridized carbons (Fsp3) is 0.169. The number of allylic oxidation sites excluding steroid dienone is 2. The van der Waals surface area contributed by atoms with Gasteiger partial charge in [0.15, 0.2) is 5.78 Å². The van der Waals surface area contributed by atoms with Gasteiger partial charge in [-0.2, -0.15) is 0 Å². The molecule has 0 bridgehead atoms. The van der Waals surface area contributed by atoms with Gasteiger partial charge in [-0.05, 0) is 137 Å². The van der Waals surface area contributed by atoms with Crippen LogP contribution in [0.1, 0.15) is 52.9 Å². The standard InChI is InChI=1S/2C33H27N2O2.C5H8O2.Ir/c2*1-4-36-26-12-6-22(7-13-26)24-10-16-28-30(18-24)31-19-25(23-8-14-27(15-9-23)37-5-2)11-17-29(31)33-32(28)34-20-21(3)35-33;1-4(6)3-5(2)7;/h2*6-15,17-20H,4-5H2,1-3H3;3,6H,1-2H3;/q2*-1;;/b;;4-3-;. The van der Waals surface area contributed by atoms with E-state index >= 15 is 0 Å². The van der Waals surface area contributed by atoms with E-state index in [-0.39, 0.29) is 31.6 Å². The molecular weight excluding hydrogens is 1200 g/mol. The minimum Gasteiger partial charge on any atom is -0.512 e. The molecule has 2 heterocycles. The summed E-state index contributed by atoms with van der Waals surface area (Å²) < 4.78 is 22.5. The van der Waals surface area contributed by atoms with Gasteiger partial charge in [0.1, 0.15) is 23.0 Å². The Balaban J connectivity index is 0.000000175. The third kappa shape index (κ3) is 12.8.